The number of ether oxygens (including phenoxy) is 1. The number of piperidine rings is 1. The van der Waals surface area contributed by atoms with Gasteiger partial charge in [-0.25, -0.2) is 16.8 Å². The summed E-state index contributed by atoms with van der Waals surface area (Å²) in [4.78, 5) is 13.1. The van der Waals surface area contributed by atoms with E-state index >= 15 is 0 Å². The van der Waals surface area contributed by atoms with Gasteiger partial charge in [-0.2, -0.15) is 8.61 Å². The summed E-state index contributed by atoms with van der Waals surface area (Å²) in [6.07, 6.45) is 2.85. The highest BCUT2D eigenvalue weighted by Gasteiger charge is 2.35. The van der Waals surface area contributed by atoms with Gasteiger partial charge in [0.05, 0.1) is 17.9 Å². The average molecular weight is 556 g/mol. The molecule has 0 aliphatic carbocycles. The molecule has 0 unspecified atom stereocenters. The lowest BCUT2D eigenvalue weighted by molar-refractivity contribution is -0.126. The molecule has 2 aromatic rings. The Hall–Kier alpha value is -2.18. The summed E-state index contributed by atoms with van der Waals surface area (Å²) in [7, 11) is -6.00. The van der Waals surface area contributed by atoms with Crippen molar-refractivity contribution in [3.8, 4) is 5.75 Å². The van der Waals surface area contributed by atoms with Gasteiger partial charge in [-0.1, -0.05) is 23.7 Å². The van der Waals surface area contributed by atoms with Gasteiger partial charge >= 0.3 is 0 Å². The number of carbonyl (C=O) groups excluding carboxylic acids is 1. The molecule has 2 fully saturated rings. The van der Waals surface area contributed by atoms with Crippen LogP contribution >= 0.6 is 11.6 Å². The van der Waals surface area contributed by atoms with Gasteiger partial charge in [-0.15, -0.1) is 0 Å². The molecule has 4 rings (SSSR count). The van der Waals surface area contributed by atoms with Crippen molar-refractivity contribution in [2.45, 2.75) is 42.0 Å². The van der Waals surface area contributed by atoms with Gasteiger partial charge in [-0.3, -0.25) is 4.79 Å². The van der Waals surface area contributed by atoms with E-state index in [1.807, 2.05) is 0 Å². The summed E-state index contributed by atoms with van der Waals surface area (Å²) in [5.74, 6) is -0.559. The highest BCUT2D eigenvalue weighted by molar-refractivity contribution is 7.89. The van der Waals surface area contributed by atoms with Crippen LogP contribution in [-0.4, -0.2) is 64.6 Å². The number of amides is 1. The fourth-order valence-electron chi connectivity index (χ4n) is 4.56. The van der Waals surface area contributed by atoms with Gasteiger partial charge < -0.3 is 10.1 Å². The van der Waals surface area contributed by atoms with Crippen molar-refractivity contribution in [2.24, 2.45) is 5.92 Å². The highest BCUT2D eigenvalue weighted by atomic mass is 35.5. The summed E-state index contributed by atoms with van der Waals surface area (Å²) in [5, 5.41) is 3.14. The standard InChI is InChI=1S/C24H30ClN3O6S2/c1-34-22-11-8-20(25)15-23(22)36(32,33)28-14-4-5-19(17-28)24(29)26-16-18-6-9-21(10-7-18)35(30,31)27-12-2-3-13-27/h6-11,15,19H,2-5,12-14,16-17H2,1H3,(H,26,29)/t19-/m0/s1. The summed E-state index contributed by atoms with van der Waals surface area (Å²) in [6.45, 7) is 1.65. The monoisotopic (exact) mass is 555 g/mol. The summed E-state index contributed by atoms with van der Waals surface area (Å²) < 4.78 is 59.9. The molecule has 2 aliphatic heterocycles. The lowest BCUT2D eigenvalue weighted by Gasteiger charge is -2.31. The predicted molar refractivity (Wildman–Crippen MR) is 136 cm³/mol. The minimum absolute atomic E-state index is 0.0254. The van der Waals surface area contributed by atoms with E-state index in [9.17, 15) is 21.6 Å². The maximum atomic E-state index is 13.3. The molecule has 0 radical (unpaired) electrons. The number of nitrogens with one attached hydrogen (secondary N) is 1. The van der Waals surface area contributed by atoms with Crippen LogP contribution in [0.5, 0.6) is 5.75 Å². The minimum atomic E-state index is -3.90. The second kappa shape index (κ2) is 11.1. The van der Waals surface area contributed by atoms with E-state index < -0.39 is 26.0 Å². The number of hydrogen-bond acceptors (Lipinski definition) is 6. The summed E-state index contributed by atoms with van der Waals surface area (Å²) in [5.41, 5.74) is 0.757. The molecule has 1 amide bonds. The number of halogens is 1. The molecule has 2 aliphatic rings. The fourth-order valence-corrected chi connectivity index (χ4v) is 8.02. The van der Waals surface area contributed by atoms with Gasteiger partial charge in [0.2, 0.25) is 26.0 Å². The SMILES string of the molecule is COc1ccc(Cl)cc1S(=O)(=O)N1CCC[C@H](C(=O)NCc2ccc(S(=O)(=O)N3CCCC3)cc2)C1. The molecule has 196 valence electrons. The molecule has 1 atom stereocenters. The molecule has 2 saturated heterocycles. The molecule has 2 aromatic carbocycles. The van der Waals surface area contributed by atoms with Crippen LogP contribution in [0.4, 0.5) is 0 Å². The van der Waals surface area contributed by atoms with E-state index in [1.54, 1.807) is 30.3 Å². The van der Waals surface area contributed by atoms with Crippen LogP contribution in [0.15, 0.2) is 52.3 Å². The Morgan fingerprint density at radius 3 is 2.31 bits per heavy atom. The van der Waals surface area contributed by atoms with Gasteiger partial charge in [0, 0.05) is 37.7 Å². The number of benzene rings is 2. The van der Waals surface area contributed by atoms with Crippen molar-refractivity contribution in [1.29, 1.82) is 0 Å². The van der Waals surface area contributed by atoms with Crippen LogP contribution in [-0.2, 0) is 31.4 Å². The zero-order chi connectivity index (χ0) is 25.9. The minimum Gasteiger partial charge on any atom is -0.495 e. The Balaban J connectivity index is 1.38. The zero-order valence-corrected chi connectivity index (χ0v) is 22.4. The lowest BCUT2D eigenvalue weighted by atomic mass is 9.99. The highest BCUT2D eigenvalue weighted by Crippen LogP contribution is 2.32. The third-order valence-corrected chi connectivity index (χ3v) is 10.6. The van der Waals surface area contributed by atoms with Gasteiger partial charge in [-0.05, 0) is 61.6 Å². The Labute approximate surface area is 217 Å². The second-order valence-corrected chi connectivity index (χ2v) is 13.3. The first kappa shape index (κ1) is 26.9. The number of nitrogens with zero attached hydrogens (tertiary/aromatic N) is 2. The number of sulfonamides is 2. The molecule has 0 saturated carbocycles. The van der Waals surface area contributed by atoms with Crippen molar-refractivity contribution < 1.29 is 26.4 Å². The third kappa shape index (κ3) is 5.70. The number of methoxy groups -OCH3 is 1. The smallest absolute Gasteiger partial charge is 0.246 e. The number of hydrogen-bond donors (Lipinski definition) is 1. The number of rotatable bonds is 8. The normalized spacial score (nSPS) is 19.8. The second-order valence-electron chi connectivity index (χ2n) is 8.97. The molecule has 9 nitrogen and oxygen atoms in total. The van der Waals surface area contributed by atoms with E-state index in [0.717, 1.165) is 18.4 Å². The van der Waals surface area contributed by atoms with Gasteiger partial charge in [0.25, 0.3) is 0 Å². The lowest BCUT2D eigenvalue weighted by Crippen LogP contribution is -2.45. The molecule has 0 bridgehead atoms. The molecular weight excluding hydrogens is 526 g/mol. The van der Waals surface area contributed by atoms with Crippen molar-refractivity contribution >= 4 is 37.6 Å². The van der Waals surface area contributed by atoms with E-state index in [-0.39, 0.29) is 39.6 Å². The molecule has 12 heteroatoms. The van der Waals surface area contributed by atoms with Crippen LogP contribution < -0.4 is 10.1 Å². The first-order valence-electron chi connectivity index (χ1n) is 11.8. The zero-order valence-electron chi connectivity index (χ0n) is 20.0. The van der Waals surface area contributed by atoms with Crippen LogP contribution in [0.25, 0.3) is 0 Å². The quantitative estimate of drug-likeness (QED) is 0.536. The van der Waals surface area contributed by atoms with Crippen molar-refractivity contribution in [2.75, 3.05) is 33.3 Å². The van der Waals surface area contributed by atoms with E-state index in [2.05, 4.69) is 5.32 Å². The van der Waals surface area contributed by atoms with Crippen LogP contribution in [0.3, 0.4) is 0 Å². The van der Waals surface area contributed by atoms with Gasteiger partial charge in [0.15, 0.2) is 0 Å². The molecule has 1 N–H and O–H groups in total. The summed E-state index contributed by atoms with van der Waals surface area (Å²) in [6, 6.07) is 10.9. The van der Waals surface area contributed by atoms with Crippen molar-refractivity contribution in [3.05, 3.63) is 53.1 Å². The van der Waals surface area contributed by atoms with Crippen LogP contribution in [0.2, 0.25) is 5.02 Å². The number of carbonyl (C=O) groups is 1. The largest absolute Gasteiger partial charge is 0.495 e. The molecule has 0 spiro atoms. The molecule has 0 aromatic heterocycles. The molecule has 2 heterocycles. The van der Waals surface area contributed by atoms with Crippen LogP contribution in [0.1, 0.15) is 31.2 Å². The summed E-state index contributed by atoms with van der Waals surface area (Å²) >= 11 is 6.03. The Kier molecular flexibility index (Phi) is 8.25. The topological polar surface area (TPSA) is 113 Å². The fraction of sp³-hybridized carbons (Fsp3) is 0.458. The van der Waals surface area contributed by atoms with Crippen molar-refractivity contribution in [1.82, 2.24) is 13.9 Å². The third-order valence-electron chi connectivity index (χ3n) is 6.59. The maximum Gasteiger partial charge on any atom is 0.246 e. The van der Waals surface area contributed by atoms with Gasteiger partial charge in [0.1, 0.15) is 10.6 Å². The Morgan fingerprint density at radius 1 is 0.972 bits per heavy atom. The predicted octanol–water partition coefficient (Wildman–Crippen LogP) is 2.85. The molecule has 36 heavy (non-hydrogen) atoms. The van der Waals surface area contributed by atoms with E-state index in [1.165, 1.54) is 27.9 Å². The maximum absolute atomic E-state index is 13.3. The first-order chi connectivity index (χ1) is 17.1. The van der Waals surface area contributed by atoms with Crippen LogP contribution in [0, 0.1) is 5.92 Å². The first-order valence-corrected chi connectivity index (χ1v) is 15.1. The Bertz CT molecular complexity index is 1310. The van der Waals surface area contributed by atoms with Crippen molar-refractivity contribution in [3.63, 3.8) is 0 Å². The van der Waals surface area contributed by atoms with E-state index in [4.69, 9.17) is 16.3 Å². The van der Waals surface area contributed by atoms with E-state index in [0.29, 0.717) is 32.5 Å². The Morgan fingerprint density at radius 2 is 1.64 bits per heavy atom. The average Bonchev–Trinajstić information content (AvgIpc) is 3.44. The molecular formula is C24H30ClN3O6S2.